The molecule has 1 amide bonds. The Balaban J connectivity index is 1.46. The molecule has 4 nitrogen and oxygen atoms in total. The number of fused-ring (bicyclic) bond motifs is 1. The van der Waals surface area contributed by atoms with E-state index in [0.717, 1.165) is 29.0 Å². The predicted octanol–water partition coefficient (Wildman–Crippen LogP) is 3.51. The van der Waals surface area contributed by atoms with Gasteiger partial charge in [-0.1, -0.05) is 30.3 Å². The van der Waals surface area contributed by atoms with Gasteiger partial charge in [-0.3, -0.25) is 4.79 Å². The van der Waals surface area contributed by atoms with E-state index in [1.807, 2.05) is 36.4 Å². The van der Waals surface area contributed by atoms with Crippen LogP contribution in [0.5, 0.6) is 11.5 Å². The van der Waals surface area contributed by atoms with E-state index < -0.39 is 0 Å². The number of carbonyl (C=O) groups is 1. The van der Waals surface area contributed by atoms with Gasteiger partial charge < -0.3 is 14.8 Å². The molecule has 0 aromatic heterocycles. The third kappa shape index (κ3) is 3.48. The van der Waals surface area contributed by atoms with Gasteiger partial charge in [0.15, 0.2) is 0 Å². The molecule has 2 aromatic rings. The Morgan fingerprint density at radius 1 is 1.16 bits per heavy atom. The third-order valence-corrected chi connectivity index (χ3v) is 5.12. The summed E-state index contributed by atoms with van der Waals surface area (Å²) < 4.78 is 11.0. The number of benzene rings is 2. The molecule has 1 aliphatic carbocycles. The van der Waals surface area contributed by atoms with Crippen molar-refractivity contribution in [3.63, 3.8) is 0 Å². The molecule has 0 bridgehead atoms. The number of nitrogens with one attached hydrogen (secondary N) is 1. The summed E-state index contributed by atoms with van der Waals surface area (Å²) in [7, 11) is 1.66. The molecule has 2 atom stereocenters. The van der Waals surface area contributed by atoms with Crippen LogP contribution in [0.1, 0.15) is 30.0 Å². The molecule has 25 heavy (non-hydrogen) atoms. The molecule has 4 rings (SSSR count). The highest BCUT2D eigenvalue weighted by Crippen LogP contribution is 2.41. The molecular formula is C21H23NO3. The van der Waals surface area contributed by atoms with E-state index in [2.05, 4.69) is 17.4 Å². The van der Waals surface area contributed by atoms with Crippen LogP contribution in [0, 0.1) is 11.8 Å². The lowest BCUT2D eigenvalue weighted by Crippen LogP contribution is -2.39. The molecule has 4 heteroatoms. The molecule has 130 valence electrons. The molecule has 0 saturated heterocycles. The van der Waals surface area contributed by atoms with E-state index in [0.29, 0.717) is 12.5 Å². The zero-order valence-electron chi connectivity index (χ0n) is 14.4. The van der Waals surface area contributed by atoms with Gasteiger partial charge >= 0.3 is 0 Å². The molecule has 1 aliphatic heterocycles. The highest BCUT2D eigenvalue weighted by atomic mass is 16.5. The Labute approximate surface area is 148 Å². The fourth-order valence-electron chi connectivity index (χ4n) is 3.48. The molecule has 2 unspecified atom stereocenters. The van der Waals surface area contributed by atoms with Gasteiger partial charge in [0, 0.05) is 0 Å². The van der Waals surface area contributed by atoms with Gasteiger partial charge in [0.2, 0.25) is 5.91 Å². The van der Waals surface area contributed by atoms with Crippen LogP contribution in [0.3, 0.4) is 0 Å². The largest absolute Gasteiger partial charge is 0.497 e. The average molecular weight is 337 g/mol. The van der Waals surface area contributed by atoms with Gasteiger partial charge in [-0.25, -0.2) is 0 Å². The fourth-order valence-corrected chi connectivity index (χ4v) is 3.48. The fraction of sp³-hybridized carbons (Fsp3) is 0.381. The first-order valence-corrected chi connectivity index (χ1v) is 8.89. The predicted molar refractivity (Wildman–Crippen MR) is 95.7 cm³/mol. The molecular weight excluding hydrogens is 314 g/mol. The maximum atomic E-state index is 12.8. The van der Waals surface area contributed by atoms with Gasteiger partial charge in [-0.05, 0) is 54.5 Å². The van der Waals surface area contributed by atoms with E-state index in [9.17, 15) is 4.79 Å². The normalized spacial score (nSPS) is 20.1. The number of hydrogen-bond donors (Lipinski definition) is 1. The lowest BCUT2D eigenvalue weighted by atomic mass is 9.94. The molecule has 0 radical (unpaired) electrons. The minimum atomic E-state index is -0.130. The maximum Gasteiger partial charge on any atom is 0.227 e. The van der Waals surface area contributed by atoms with Gasteiger partial charge in [-0.15, -0.1) is 0 Å². The van der Waals surface area contributed by atoms with Crippen LogP contribution < -0.4 is 14.8 Å². The van der Waals surface area contributed by atoms with Crippen molar-refractivity contribution in [1.82, 2.24) is 5.32 Å². The maximum absolute atomic E-state index is 12.8. The quantitative estimate of drug-likeness (QED) is 0.908. The average Bonchev–Trinajstić information content (AvgIpc) is 3.51. The first kappa shape index (κ1) is 16.0. The number of rotatable bonds is 5. The van der Waals surface area contributed by atoms with E-state index in [4.69, 9.17) is 9.47 Å². The highest BCUT2D eigenvalue weighted by molar-refractivity contribution is 5.80. The SMILES string of the molecule is COc1ccc(C(NC(=O)C2COc3ccccc3C2)C2CC2)cc1. The van der Waals surface area contributed by atoms with E-state index in [1.165, 1.54) is 12.8 Å². The molecule has 1 N–H and O–H groups in total. The van der Waals surface area contributed by atoms with Crippen molar-refractivity contribution in [2.75, 3.05) is 13.7 Å². The minimum Gasteiger partial charge on any atom is -0.497 e. The van der Waals surface area contributed by atoms with Crippen LogP contribution in [-0.4, -0.2) is 19.6 Å². The number of hydrogen-bond acceptors (Lipinski definition) is 3. The van der Waals surface area contributed by atoms with E-state index in [1.54, 1.807) is 7.11 Å². The van der Waals surface area contributed by atoms with Crippen molar-refractivity contribution < 1.29 is 14.3 Å². The van der Waals surface area contributed by atoms with Crippen molar-refractivity contribution in [3.8, 4) is 11.5 Å². The van der Waals surface area contributed by atoms with Crippen LogP contribution >= 0.6 is 0 Å². The van der Waals surface area contributed by atoms with Gasteiger partial charge in [-0.2, -0.15) is 0 Å². The summed E-state index contributed by atoms with van der Waals surface area (Å²) in [6.45, 7) is 0.447. The first-order chi connectivity index (χ1) is 12.2. The number of para-hydroxylation sites is 1. The molecule has 0 spiro atoms. The smallest absolute Gasteiger partial charge is 0.227 e. The minimum absolute atomic E-state index is 0.0792. The van der Waals surface area contributed by atoms with Gasteiger partial charge in [0.1, 0.15) is 18.1 Å². The lowest BCUT2D eigenvalue weighted by molar-refractivity contribution is -0.127. The summed E-state index contributed by atoms with van der Waals surface area (Å²) in [5, 5.41) is 3.27. The molecule has 1 heterocycles. The van der Waals surface area contributed by atoms with Crippen LogP contribution in [0.25, 0.3) is 0 Å². The van der Waals surface area contributed by atoms with Crippen molar-refractivity contribution in [1.29, 1.82) is 0 Å². The highest BCUT2D eigenvalue weighted by Gasteiger charge is 2.35. The Morgan fingerprint density at radius 2 is 1.92 bits per heavy atom. The molecule has 1 fully saturated rings. The third-order valence-electron chi connectivity index (χ3n) is 5.12. The molecule has 2 aromatic carbocycles. The van der Waals surface area contributed by atoms with Crippen LogP contribution in [0.2, 0.25) is 0 Å². The van der Waals surface area contributed by atoms with Crippen LogP contribution in [-0.2, 0) is 11.2 Å². The first-order valence-electron chi connectivity index (χ1n) is 8.89. The zero-order valence-corrected chi connectivity index (χ0v) is 14.4. The summed E-state index contributed by atoms with van der Waals surface area (Å²) in [6, 6.07) is 16.1. The van der Waals surface area contributed by atoms with Crippen molar-refractivity contribution in [2.24, 2.45) is 11.8 Å². The number of amides is 1. The van der Waals surface area contributed by atoms with Crippen molar-refractivity contribution in [3.05, 3.63) is 59.7 Å². The van der Waals surface area contributed by atoms with E-state index >= 15 is 0 Å². The zero-order chi connectivity index (χ0) is 17.2. The van der Waals surface area contributed by atoms with Crippen molar-refractivity contribution in [2.45, 2.75) is 25.3 Å². The van der Waals surface area contributed by atoms with Gasteiger partial charge in [0.05, 0.1) is 19.1 Å². The van der Waals surface area contributed by atoms with E-state index in [-0.39, 0.29) is 17.9 Å². The Kier molecular flexibility index (Phi) is 4.35. The Hall–Kier alpha value is -2.49. The number of carbonyl (C=O) groups excluding carboxylic acids is 1. The summed E-state index contributed by atoms with van der Waals surface area (Å²) in [6.07, 6.45) is 3.07. The van der Waals surface area contributed by atoms with Gasteiger partial charge in [0.25, 0.3) is 0 Å². The molecule has 2 aliphatic rings. The summed E-state index contributed by atoms with van der Waals surface area (Å²) in [5.74, 6) is 2.23. The monoisotopic (exact) mass is 337 g/mol. The van der Waals surface area contributed by atoms with Crippen LogP contribution in [0.15, 0.2) is 48.5 Å². The summed E-state index contributed by atoms with van der Waals surface area (Å²) >= 11 is 0. The topological polar surface area (TPSA) is 47.6 Å². The van der Waals surface area contributed by atoms with Crippen molar-refractivity contribution >= 4 is 5.91 Å². The van der Waals surface area contributed by atoms with Crippen LogP contribution in [0.4, 0.5) is 0 Å². The second-order valence-corrected chi connectivity index (χ2v) is 6.92. The summed E-state index contributed by atoms with van der Waals surface area (Å²) in [4.78, 5) is 12.8. The second-order valence-electron chi connectivity index (χ2n) is 6.92. The standard InChI is InChI=1S/C21H23NO3/c1-24-18-10-8-15(9-11-18)20(14-6-7-14)22-21(23)17-12-16-4-2-3-5-19(16)25-13-17/h2-5,8-11,14,17,20H,6-7,12-13H2,1H3,(H,22,23). The lowest BCUT2D eigenvalue weighted by Gasteiger charge is -2.27. The Bertz CT molecular complexity index is 752. The second kappa shape index (κ2) is 6.79. The Morgan fingerprint density at radius 3 is 2.64 bits per heavy atom. The number of methoxy groups -OCH3 is 1. The molecule has 1 saturated carbocycles. The number of ether oxygens (including phenoxy) is 2. The summed E-state index contributed by atoms with van der Waals surface area (Å²) in [5.41, 5.74) is 2.26.